The first-order valence-electron chi connectivity index (χ1n) is 5.64. The van der Waals surface area contributed by atoms with Crippen molar-refractivity contribution in [2.24, 2.45) is 17.8 Å². The van der Waals surface area contributed by atoms with Gasteiger partial charge in [-0.2, -0.15) is 0 Å². The smallest absolute Gasteiger partial charge is 0.0453 e. The second-order valence-corrected chi connectivity index (χ2v) is 4.73. The average Bonchev–Trinajstić information content (AvgIpc) is 2.19. The molecule has 0 rings (SSSR count). The third-order valence-corrected chi connectivity index (χ3v) is 1.10. The molecule has 3 nitrogen and oxygen atoms in total. The summed E-state index contributed by atoms with van der Waals surface area (Å²) in [6.07, 6.45) is 0. The van der Waals surface area contributed by atoms with Crippen molar-refractivity contribution in [3.63, 3.8) is 0 Å². The van der Waals surface area contributed by atoms with Gasteiger partial charge < -0.3 is 27.7 Å². The first-order chi connectivity index (χ1) is 6.81. The van der Waals surface area contributed by atoms with Crippen molar-refractivity contribution in [3.8, 4) is 0 Å². The standard InChI is InChI=1S/3C4H10O.ClH.Zr/c3*1-4(2)3-5;;/h3*4-5H,3H2,1-2H3;1H;/p-1. The van der Waals surface area contributed by atoms with E-state index in [9.17, 15) is 0 Å². The van der Waals surface area contributed by atoms with E-state index in [0.717, 1.165) is 0 Å². The zero-order valence-corrected chi connectivity index (χ0v) is 15.3. The van der Waals surface area contributed by atoms with Crippen LogP contribution in [0.2, 0.25) is 0 Å². The zero-order chi connectivity index (χ0) is 12.9. The molecule has 0 bridgehead atoms. The minimum atomic E-state index is 0. The van der Waals surface area contributed by atoms with E-state index in [1.807, 2.05) is 41.5 Å². The Hall–Kier alpha value is 1.05. The molecule has 0 heterocycles. The van der Waals surface area contributed by atoms with Crippen LogP contribution in [0.15, 0.2) is 0 Å². The van der Waals surface area contributed by atoms with Crippen LogP contribution in [0.4, 0.5) is 0 Å². The monoisotopic (exact) mass is 347 g/mol. The van der Waals surface area contributed by atoms with Gasteiger partial charge in [-0.1, -0.05) is 41.5 Å². The molecule has 0 spiro atoms. The third kappa shape index (κ3) is 77.7. The quantitative estimate of drug-likeness (QED) is 0.607. The fraction of sp³-hybridized carbons (Fsp3) is 1.00. The van der Waals surface area contributed by atoms with Gasteiger partial charge in [0.1, 0.15) is 0 Å². The summed E-state index contributed by atoms with van der Waals surface area (Å²) in [5.74, 6) is 1.32. The molecule has 0 aromatic rings. The number of aliphatic hydroxyl groups is 3. The van der Waals surface area contributed by atoms with Gasteiger partial charge in [0.2, 0.25) is 0 Å². The molecule has 0 aromatic heterocycles. The van der Waals surface area contributed by atoms with Crippen LogP contribution in [-0.2, 0) is 26.2 Å². The van der Waals surface area contributed by atoms with Gasteiger partial charge >= 0.3 is 0 Å². The molecular formula is C12H30ClO3Zr-. The summed E-state index contributed by atoms with van der Waals surface area (Å²) in [6, 6.07) is 0. The maximum atomic E-state index is 8.14. The van der Waals surface area contributed by atoms with Crippen molar-refractivity contribution < 1.29 is 53.9 Å². The summed E-state index contributed by atoms with van der Waals surface area (Å²) in [5, 5.41) is 24.4. The van der Waals surface area contributed by atoms with Crippen LogP contribution >= 0.6 is 0 Å². The number of halogens is 1. The van der Waals surface area contributed by atoms with Crippen molar-refractivity contribution in [3.05, 3.63) is 0 Å². The minimum Gasteiger partial charge on any atom is -1.00 e. The van der Waals surface area contributed by atoms with Crippen LogP contribution in [0, 0.1) is 17.8 Å². The molecule has 0 aliphatic rings. The summed E-state index contributed by atoms with van der Waals surface area (Å²) < 4.78 is 0. The maximum absolute atomic E-state index is 8.14. The molecule has 0 atom stereocenters. The molecule has 0 fully saturated rings. The van der Waals surface area contributed by atoms with Crippen LogP contribution in [0.25, 0.3) is 0 Å². The Morgan fingerprint density at radius 2 is 0.647 bits per heavy atom. The number of rotatable bonds is 3. The summed E-state index contributed by atoms with van der Waals surface area (Å²) in [6.45, 7) is 12.7. The molecule has 0 saturated heterocycles. The average molecular weight is 349 g/mol. The van der Waals surface area contributed by atoms with Crippen LogP contribution in [0.1, 0.15) is 41.5 Å². The van der Waals surface area contributed by atoms with E-state index in [4.69, 9.17) is 15.3 Å². The van der Waals surface area contributed by atoms with Gasteiger partial charge in [0, 0.05) is 46.0 Å². The van der Waals surface area contributed by atoms with Gasteiger partial charge in [0.25, 0.3) is 0 Å². The molecule has 0 aliphatic heterocycles. The molecule has 17 heavy (non-hydrogen) atoms. The Labute approximate surface area is 133 Å². The van der Waals surface area contributed by atoms with E-state index in [0.29, 0.717) is 37.6 Å². The van der Waals surface area contributed by atoms with Gasteiger partial charge in [-0.3, -0.25) is 0 Å². The number of hydrogen-bond donors (Lipinski definition) is 3. The van der Waals surface area contributed by atoms with E-state index >= 15 is 0 Å². The van der Waals surface area contributed by atoms with E-state index in [1.165, 1.54) is 0 Å². The minimum absolute atomic E-state index is 0. The molecule has 3 N–H and O–H groups in total. The van der Waals surface area contributed by atoms with Crippen LogP contribution in [0.3, 0.4) is 0 Å². The van der Waals surface area contributed by atoms with Crippen molar-refractivity contribution in [2.45, 2.75) is 41.5 Å². The Bertz CT molecular complexity index is 82.7. The van der Waals surface area contributed by atoms with Crippen molar-refractivity contribution in [1.82, 2.24) is 0 Å². The van der Waals surface area contributed by atoms with Gasteiger partial charge in [-0.15, -0.1) is 0 Å². The van der Waals surface area contributed by atoms with E-state index in [2.05, 4.69) is 0 Å². The largest absolute Gasteiger partial charge is 1.00 e. The summed E-state index contributed by atoms with van der Waals surface area (Å²) in [7, 11) is 0. The topological polar surface area (TPSA) is 60.7 Å². The molecule has 5 heteroatoms. The Balaban J connectivity index is -0.0000000400. The third-order valence-electron chi connectivity index (χ3n) is 1.10. The number of hydrogen-bond acceptors (Lipinski definition) is 3. The fourth-order valence-corrected chi connectivity index (χ4v) is 0. The SMILES string of the molecule is CC(C)CO.CC(C)CO.CC(C)CO.[Cl-].[Zr]. The Morgan fingerprint density at radius 3 is 0.647 bits per heavy atom. The fourth-order valence-electron chi connectivity index (χ4n) is 0. The van der Waals surface area contributed by atoms with Gasteiger partial charge in [-0.25, -0.2) is 0 Å². The predicted octanol–water partition coefficient (Wildman–Crippen LogP) is -1.09. The van der Waals surface area contributed by atoms with E-state index in [-0.39, 0.29) is 38.6 Å². The summed E-state index contributed by atoms with van der Waals surface area (Å²) in [4.78, 5) is 0. The Kier molecular flexibility index (Phi) is 46.7. The van der Waals surface area contributed by atoms with Crippen molar-refractivity contribution >= 4 is 0 Å². The molecule has 0 unspecified atom stereocenters. The van der Waals surface area contributed by atoms with Crippen LogP contribution in [-0.4, -0.2) is 35.1 Å². The number of aliphatic hydroxyl groups excluding tert-OH is 3. The molecule has 108 valence electrons. The molecule has 0 amide bonds. The Morgan fingerprint density at radius 1 is 0.588 bits per heavy atom. The first-order valence-corrected chi connectivity index (χ1v) is 5.64. The molecule has 0 aromatic carbocycles. The van der Waals surface area contributed by atoms with Crippen LogP contribution < -0.4 is 12.4 Å². The van der Waals surface area contributed by atoms with Crippen molar-refractivity contribution in [2.75, 3.05) is 19.8 Å². The van der Waals surface area contributed by atoms with Crippen molar-refractivity contribution in [1.29, 1.82) is 0 Å². The predicted molar refractivity (Wildman–Crippen MR) is 65.8 cm³/mol. The van der Waals surface area contributed by atoms with Crippen LogP contribution in [0.5, 0.6) is 0 Å². The second-order valence-electron chi connectivity index (χ2n) is 4.73. The van der Waals surface area contributed by atoms with E-state index < -0.39 is 0 Å². The zero-order valence-electron chi connectivity index (χ0n) is 12.1. The molecule has 0 radical (unpaired) electrons. The summed E-state index contributed by atoms with van der Waals surface area (Å²) >= 11 is 0. The normalized spacial score (nSPS) is 8.47. The molecule has 0 saturated carbocycles. The maximum Gasteiger partial charge on any atom is 0.0453 e. The van der Waals surface area contributed by atoms with Gasteiger partial charge in [-0.05, 0) is 17.8 Å². The van der Waals surface area contributed by atoms with E-state index in [1.54, 1.807) is 0 Å². The van der Waals surface area contributed by atoms with Gasteiger partial charge in [0.05, 0.1) is 0 Å². The first kappa shape index (κ1) is 30.8. The van der Waals surface area contributed by atoms with Gasteiger partial charge in [0.15, 0.2) is 0 Å². The molecule has 0 aliphatic carbocycles. The second kappa shape index (κ2) is 25.8. The molecular weight excluding hydrogens is 319 g/mol. The summed E-state index contributed by atoms with van der Waals surface area (Å²) in [5.41, 5.74) is 0.